The summed E-state index contributed by atoms with van der Waals surface area (Å²) in [6.07, 6.45) is 1.52. The number of benzene rings is 2. The molecule has 8 heteroatoms. The first kappa shape index (κ1) is 18.3. The van der Waals surface area contributed by atoms with E-state index in [-0.39, 0.29) is 0 Å². The lowest BCUT2D eigenvalue weighted by atomic mass is 10.1. The number of fused-ring (bicyclic) bond motifs is 1. The average molecular weight is 416 g/mol. The third kappa shape index (κ3) is 3.37. The molecule has 5 aromatic rings. The Morgan fingerprint density at radius 2 is 1.63 bits per heavy atom. The van der Waals surface area contributed by atoms with Crippen LogP contribution in [-0.2, 0) is 0 Å². The van der Waals surface area contributed by atoms with E-state index in [0.29, 0.717) is 23.3 Å². The molecule has 0 saturated heterocycles. The molecule has 0 amide bonds. The van der Waals surface area contributed by atoms with Gasteiger partial charge in [-0.05, 0) is 42.0 Å². The fourth-order valence-electron chi connectivity index (χ4n) is 3.11. The summed E-state index contributed by atoms with van der Waals surface area (Å²) < 4.78 is 16.4. The third-order valence-electron chi connectivity index (χ3n) is 4.59. The summed E-state index contributed by atoms with van der Waals surface area (Å²) in [7, 11) is 1.65. The molecule has 148 valence electrons. The second kappa shape index (κ2) is 7.57. The molecular formula is C22H16N4O3S. The van der Waals surface area contributed by atoms with Gasteiger partial charge in [-0.1, -0.05) is 17.3 Å². The molecule has 0 aliphatic carbocycles. The average Bonchev–Trinajstić information content (AvgIpc) is 3.41. The van der Waals surface area contributed by atoms with Gasteiger partial charge in [-0.2, -0.15) is 4.98 Å². The summed E-state index contributed by atoms with van der Waals surface area (Å²) in [5.41, 5.74) is 2.91. The third-order valence-corrected chi connectivity index (χ3v) is 5.48. The number of thiophene rings is 1. The largest absolute Gasteiger partial charge is 0.497 e. The number of aromatic nitrogens is 4. The number of rotatable bonds is 5. The minimum atomic E-state index is 0.509. The molecule has 0 fully saturated rings. The Balaban J connectivity index is 1.49. The van der Waals surface area contributed by atoms with Gasteiger partial charge in [-0.25, -0.2) is 9.97 Å². The van der Waals surface area contributed by atoms with Crippen molar-refractivity contribution in [3.05, 3.63) is 66.1 Å². The van der Waals surface area contributed by atoms with Gasteiger partial charge >= 0.3 is 0 Å². The van der Waals surface area contributed by atoms with E-state index in [2.05, 4.69) is 25.5 Å². The zero-order valence-electron chi connectivity index (χ0n) is 16.2. The van der Waals surface area contributed by atoms with Gasteiger partial charge < -0.3 is 14.0 Å². The van der Waals surface area contributed by atoms with E-state index >= 15 is 0 Å². The number of aryl methyl sites for hydroxylation is 1. The van der Waals surface area contributed by atoms with Crippen LogP contribution in [0.5, 0.6) is 17.4 Å². The highest BCUT2D eigenvalue weighted by atomic mass is 32.1. The van der Waals surface area contributed by atoms with Crippen molar-refractivity contribution in [3.8, 4) is 39.9 Å². The molecule has 5 rings (SSSR count). The van der Waals surface area contributed by atoms with Crippen LogP contribution in [-0.4, -0.2) is 27.2 Å². The van der Waals surface area contributed by atoms with Crippen LogP contribution in [0.25, 0.3) is 32.7 Å². The van der Waals surface area contributed by atoms with Gasteiger partial charge in [0, 0.05) is 23.4 Å². The minimum Gasteiger partial charge on any atom is -0.497 e. The fraction of sp³-hybridized carbons (Fsp3) is 0.0909. The molecule has 0 radical (unpaired) electrons. The highest BCUT2D eigenvalue weighted by Crippen LogP contribution is 2.39. The smallest absolute Gasteiger partial charge is 0.231 e. The van der Waals surface area contributed by atoms with Crippen LogP contribution < -0.4 is 9.47 Å². The van der Waals surface area contributed by atoms with Crippen LogP contribution in [0.2, 0.25) is 0 Å². The molecule has 0 bridgehead atoms. The van der Waals surface area contributed by atoms with Crippen LogP contribution in [0.15, 0.2) is 64.8 Å². The van der Waals surface area contributed by atoms with Gasteiger partial charge in [0.15, 0.2) is 0 Å². The van der Waals surface area contributed by atoms with E-state index in [9.17, 15) is 0 Å². The monoisotopic (exact) mass is 416 g/mol. The van der Waals surface area contributed by atoms with E-state index in [1.807, 2.05) is 48.5 Å². The van der Waals surface area contributed by atoms with Gasteiger partial charge in [0.2, 0.25) is 17.6 Å². The van der Waals surface area contributed by atoms with Crippen molar-refractivity contribution in [2.75, 3.05) is 7.11 Å². The molecule has 3 aromatic heterocycles. The van der Waals surface area contributed by atoms with Crippen LogP contribution >= 0.6 is 11.3 Å². The summed E-state index contributed by atoms with van der Waals surface area (Å²) >= 11 is 1.56. The lowest BCUT2D eigenvalue weighted by molar-refractivity contribution is 0.394. The predicted molar refractivity (Wildman–Crippen MR) is 114 cm³/mol. The van der Waals surface area contributed by atoms with Crippen LogP contribution in [0.3, 0.4) is 0 Å². The Kier molecular flexibility index (Phi) is 4.61. The van der Waals surface area contributed by atoms with Gasteiger partial charge in [0.05, 0.1) is 12.5 Å². The van der Waals surface area contributed by atoms with E-state index in [1.165, 1.54) is 6.33 Å². The SMILES string of the molecule is COc1ccc(-c2csc3ncnc(Oc4ccc(-c5noc(C)n5)cc4)c23)cc1. The van der Waals surface area contributed by atoms with Crippen molar-refractivity contribution in [2.24, 2.45) is 0 Å². The number of methoxy groups -OCH3 is 1. The highest BCUT2D eigenvalue weighted by molar-refractivity contribution is 7.17. The Bertz CT molecular complexity index is 1310. The Morgan fingerprint density at radius 3 is 2.33 bits per heavy atom. The lowest BCUT2D eigenvalue weighted by Gasteiger charge is -2.08. The Labute approximate surface area is 176 Å². The minimum absolute atomic E-state index is 0.509. The van der Waals surface area contributed by atoms with Crippen LogP contribution in [0.1, 0.15) is 5.89 Å². The molecule has 7 nitrogen and oxygen atoms in total. The van der Waals surface area contributed by atoms with Crippen LogP contribution in [0, 0.1) is 6.92 Å². The first-order valence-corrected chi connectivity index (χ1v) is 10.0. The van der Waals surface area contributed by atoms with Crippen molar-refractivity contribution >= 4 is 21.6 Å². The molecule has 30 heavy (non-hydrogen) atoms. The molecule has 0 aliphatic rings. The Morgan fingerprint density at radius 1 is 0.900 bits per heavy atom. The van der Waals surface area contributed by atoms with Crippen molar-refractivity contribution in [2.45, 2.75) is 6.92 Å². The molecule has 0 saturated carbocycles. The topological polar surface area (TPSA) is 83.2 Å². The summed E-state index contributed by atoms with van der Waals surface area (Å²) in [4.78, 5) is 13.9. The number of hydrogen-bond acceptors (Lipinski definition) is 8. The van der Waals surface area contributed by atoms with E-state index in [1.54, 1.807) is 25.4 Å². The molecule has 0 aliphatic heterocycles. The van der Waals surface area contributed by atoms with Crippen LogP contribution in [0.4, 0.5) is 0 Å². The number of nitrogens with zero attached hydrogens (tertiary/aromatic N) is 4. The second-order valence-electron chi connectivity index (χ2n) is 6.50. The predicted octanol–water partition coefficient (Wildman–Crippen LogP) is 5.52. The maximum Gasteiger partial charge on any atom is 0.231 e. The molecule has 0 unspecified atom stereocenters. The van der Waals surface area contributed by atoms with Crippen molar-refractivity contribution in [1.29, 1.82) is 0 Å². The lowest BCUT2D eigenvalue weighted by Crippen LogP contribution is -1.91. The van der Waals surface area contributed by atoms with Gasteiger partial charge in [-0.3, -0.25) is 0 Å². The molecule has 0 N–H and O–H groups in total. The van der Waals surface area contributed by atoms with Gasteiger partial charge in [0.25, 0.3) is 0 Å². The molecule has 0 spiro atoms. The number of hydrogen-bond donors (Lipinski definition) is 0. The summed E-state index contributed by atoms with van der Waals surface area (Å²) in [5, 5.41) is 6.88. The maximum atomic E-state index is 6.12. The first-order chi connectivity index (χ1) is 14.7. The molecule has 0 atom stereocenters. The van der Waals surface area contributed by atoms with Crippen molar-refractivity contribution in [3.63, 3.8) is 0 Å². The van der Waals surface area contributed by atoms with Crippen molar-refractivity contribution < 1.29 is 14.0 Å². The standard InChI is InChI=1S/C22H16N4O3S/c1-13-25-20(26-29-13)15-5-9-17(10-6-15)28-21-19-18(11-30-22(19)24-12-23-21)14-3-7-16(27-2)8-4-14/h3-12H,1-2H3. The van der Waals surface area contributed by atoms with Crippen molar-refractivity contribution in [1.82, 2.24) is 20.1 Å². The second-order valence-corrected chi connectivity index (χ2v) is 7.36. The molecule has 3 heterocycles. The normalized spacial score (nSPS) is 11.0. The first-order valence-electron chi connectivity index (χ1n) is 9.16. The summed E-state index contributed by atoms with van der Waals surface area (Å²) in [6.45, 7) is 1.76. The quantitative estimate of drug-likeness (QED) is 0.373. The molecular weight excluding hydrogens is 400 g/mol. The maximum absolute atomic E-state index is 6.12. The van der Waals surface area contributed by atoms with Gasteiger partial charge in [-0.15, -0.1) is 11.3 Å². The fourth-order valence-corrected chi connectivity index (χ4v) is 4.01. The summed E-state index contributed by atoms with van der Waals surface area (Å²) in [5.74, 6) is 3.05. The number of ether oxygens (including phenoxy) is 2. The highest BCUT2D eigenvalue weighted by Gasteiger charge is 2.15. The molecule has 2 aromatic carbocycles. The zero-order valence-corrected chi connectivity index (χ0v) is 17.0. The Hall–Kier alpha value is -3.78. The van der Waals surface area contributed by atoms with E-state index in [0.717, 1.165) is 32.7 Å². The van der Waals surface area contributed by atoms with E-state index < -0.39 is 0 Å². The zero-order chi connectivity index (χ0) is 20.5. The summed E-state index contributed by atoms with van der Waals surface area (Å²) in [6, 6.07) is 15.4. The van der Waals surface area contributed by atoms with E-state index in [4.69, 9.17) is 14.0 Å². The van der Waals surface area contributed by atoms with Gasteiger partial charge in [0.1, 0.15) is 22.7 Å².